The second kappa shape index (κ2) is 6.26. The lowest BCUT2D eigenvalue weighted by atomic mass is 10.2. The summed E-state index contributed by atoms with van der Waals surface area (Å²) in [5.74, 6) is 4.89. The quantitative estimate of drug-likeness (QED) is 0.724. The Morgan fingerprint density at radius 1 is 1.38 bits per heavy atom. The number of aliphatic hydroxyl groups excluding tert-OH is 1. The average Bonchev–Trinajstić information content (AvgIpc) is 2.48. The molecule has 1 unspecified atom stereocenters. The van der Waals surface area contributed by atoms with E-state index in [9.17, 15) is 13.2 Å². The van der Waals surface area contributed by atoms with Gasteiger partial charge >= 0.3 is 0 Å². The summed E-state index contributed by atoms with van der Waals surface area (Å²) in [7, 11) is -3.71. The van der Waals surface area contributed by atoms with Crippen LogP contribution in [-0.2, 0) is 14.8 Å². The van der Waals surface area contributed by atoms with Crippen molar-refractivity contribution in [2.75, 3.05) is 19.7 Å². The smallest absolute Gasteiger partial charge is 0.243 e. The Bertz CT molecular complexity index is 686. The molecule has 0 radical (unpaired) electrons. The Hall–Kier alpha value is -1.88. The lowest BCUT2D eigenvalue weighted by molar-refractivity contribution is -0.126. The van der Waals surface area contributed by atoms with Crippen LogP contribution in [0.3, 0.4) is 0 Å². The molecule has 7 heteroatoms. The summed E-state index contributed by atoms with van der Waals surface area (Å²) < 4.78 is 26.3. The highest BCUT2D eigenvalue weighted by atomic mass is 32.2. The molecule has 0 aliphatic carbocycles. The minimum Gasteiger partial charge on any atom is -0.384 e. The van der Waals surface area contributed by atoms with Crippen molar-refractivity contribution < 1.29 is 18.3 Å². The monoisotopic (exact) mass is 308 g/mol. The summed E-state index contributed by atoms with van der Waals surface area (Å²) in [6, 6.07) is 5.33. The molecule has 1 saturated heterocycles. The highest BCUT2D eigenvalue weighted by molar-refractivity contribution is 7.89. The fourth-order valence-corrected chi connectivity index (χ4v) is 3.67. The molecule has 21 heavy (non-hydrogen) atoms. The van der Waals surface area contributed by atoms with Crippen LogP contribution in [0.1, 0.15) is 12.5 Å². The van der Waals surface area contributed by atoms with Crippen molar-refractivity contribution in [1.29, 1.82) is 0 Å². The Balaban J connectivity index is 2.29. The molecule has 1 fully saturated rings. The van der Waals surface area contributed by atoms with Crippen molar-refractivity contribution in [1.82, 2.24) is 9.62 Å². The van der Waals surface area contributed by atoms with Crippen LogP contribution >= 0.6 is 0 Å². The van der Waals surface area contributed by atoms with Crippen molar-refractivity contribution >= 4 is 15.9 Å². The molecule has 6 nitrogen and oxygen atoms in total. The maximum Gasteiger partial charge on any atom is 0.243 e. The molecule has 0 aromatic heterocycles. The maximum atomic E-state index is 12.5. The van der Waals surface area contributed by atoms with Gasteiger partial charge in [-0.2, -0.15) is 4.31 Å². The van der Waals surface area contributed by atoms with Gasteiger partial charge in [-0.1, -0.05) is 11.8 Å². The Kier molecular flexibility index (Phi) is 4.63. The number of nitrogens with zero attached hydrogens (tertiary/aromatic N) is 1. The van der Waals surface area contributed by atoms with E-state index in [2.05, 4.69) is 17.2 Å². The first-order valence-electron chi connectivity index (χ1n) is 6.46. The van der Waals surface area contributed by atoms with Crippen LogP contribution in [-0.4, -0.2) is 49.5 Å². The number of benzene rings is 1. The first kappa shape index (κ1) is 15.5. The van der Waals surface area contributed by atoms with Crippen LogP contribution in [0.15, 0.2) is 29.2 Å². The molecular weight excluding hydrogens is 292 g/mol. The van der Waals surface area contributed by atoms with Crippen molar-refractivity contribution in [2.24, 2.45) is 0 Å². The SMILES string of the molecule is CC1C(=O)NCCN1S(=O)(=O)c1ccc(C#CCO)cc1. The molecule has 0 saturated carbocycles. The van der Waals surface area contributed by atoms with E-state index in [0.29, 0.717) is 12.1 Å². The van der Waals surface area contributed by atoms with E-state index in [1.54, 1.807) is 19.1 Å². The van der Waals surface area contributed by atoms with Crippen LogP contribution in [0.5, 0.6) is 0 Å². The summed E-state index contributed by atoms with van der Waals surface area (Å²) in [4.78, 5) is 11.7. The number of carbonyl (C=O) groups is 1. The molecule has 112 valence electrons. The molecule has 1 amide bonds. The van der Waals surface area contributed by atoms with E-state index in [1.807, 2.05) is 0 Å². The van der Waals surface area contributed by atoms with Crippen molar-refractivity contribution in [3.63, 3.8) is 0 Å². The summed E-state index contributed by atoms with van der Waals surface area (Å²) in [5, 5.41) is 11.3. The van der Waals surface area contributed by atoms with Crippen LogP contribution in [0.2, 0.25) is 0 Å². The second-order valence-electron chi connectivity index (χ2n) is 4.57. The number of hydrogen-bond donors (Lipinski definition) is 2. The largest absolute Gasteiger partial charge is 0.384 e. The third-order valence-electron chi connectivity index (χ3n) is 3.22. The van der Waals surface area contributed by atoms with Crippen molar-refractivity contribution in [3.8, 4) is 11.8 Å². The van der Waals surface area contributed by atoms with Gasteiger partial charge in [0.05, 0.1) is 4.90 Å². The van der Waals surface area contributed by atoms with E-state index in [0.717, 1.165) is 0 Å². The third kappa shape index (κ3) is 3.24. The van der Waals surface area contributed by atoms with Crippen LogP contribution in [0, 0.1) is 11.8 Å². The topological polar surface area (TPSA) is 86.7 Å². The Morgan fingerprint density at radius 3 is 2.67 bits per heavy atom. The summed E-state index contributed by atoms with van der Waals surface area (Å²) in [5.41, 5.74) is 0.618. The fourth-order valence-electron chi connectivity index (χ4n) is 2.08. The molecule has 2 rings (SSSR count). The highest BCUT2D eigenvalue weighted by Crippen LogP contribution is 2.20. The number of aliphatic hydroxyl groups is 1. The van der Waals surface area contributed by atoms with E-state index in [4.69, 9.17) is 5.11 Å². The van der Waals surface area contributed by atoms with E-state index >= 15 is 0 Å². The zero-order valence-electron chi connectivity index (χ0n) is 11.5. The van der Waals surface area contributed by atoms with Gasteiger partial charge in [-0.25, -0.2) is 8.42 Å². The van der Waals surface area contributed by atoms with Gasteiger partial charge in [0.15, 0.2) is 0 Å². The number of hydrogen-bond acceptors (Lipinski definition) is 4. The minimum absolute atomic E-state index is 0.124. The molecule has 1 aromatic rings. The van der Waals surface area contributed by atoms with Gasteiger partial charge in [0.2, 0.25) is 15.9 Å². The lowest BCUT2D eigenvalue weighted by Gasteiger charge is -2.31. The fraction of sp³-hybridized carbons (Fsp3) is 0.357. The average molecular weight is 308 g/mol. The highest BCUT2D eigenvalue weighted by Gasteiger charge is 2.35. The summed E-state index contributed by atoms with van der Waals surface area (Å²) in [6.07, 6.45) is 0. The molecule has 0 spiro atoms. The number of sulfonamides is 1. The van der Waals surface area contributed by atoms with Gasteiger partial charge in [0.25, 0.3) is 0 Å². The standard InChI is InChI=1S/C14H16N2O4S/c1-11-14(18)15-8-9-16(11)21(19,20)13-6-4-12(5-7-13)3-2-10-17/h4-7,11,17H,8-10H2,1H3,(H,15,18). The zero-order chi connectivity index (χ0) is 15.5. The molecule has 1 aromatic carbocycles. The predicted octanol–water partition coefficient (Wildman–Crippen LogP) is -0.461. The number of nitrogens with one attached hydrogen (secondary N) is 1. The number of rotatable bonds is 2. The van der Waals surface area contributed by atoms with Gasteiger partial charge < -0.3 is 10.4 Å². The van der Waals surface area contributed by atoms with E-state index in [-0.39, 0.29) is 24.0 Å². The first-order valence-corrected chi connectivity index (χ1v) is 7.90. The van der Waals surface area contributed by atoms with Gasteiger partial charge in [-0.3, -0.25) is 4.79 Å². The van der Waals surface area contributed by atoms with Crippen molar-refractivity contribution in [2.45, 2.75) is 17.9 Å². The van der Waals surface area contributed by atoms with Gasteiger partial charge in [0, 0.05) is 18.7 Å². The van der Waals surface area contributed by atoms with Crippen LogP contribution in [0.4, 0.5) is 0 Å². The molecular formula is C14H16N2O4S. The van der Waals surface area contributed by atoms with Gasteiger partial charge in [0.1, 0.15) is 12.6 Å². The third-order valence-corrected chi connectivity index (χ3v) is 5.20. The van der Waals surface area contributed by atoms with Gasteiger partial charge in [-0.15, -0.1) is 0 Å². The molecule has 1 aliphatic rings. The van der Waals surface area contributed by atoms with E-state index in [1.165, 1.54) is 16.4 Å². The molecule has 1 heterocycles. The minimum atomic E-state index is -3.71. The van der Waals surface area contributed by atoms with Crippen LogP contribution < -0.4 is 5.32 Å². The first-order chi connectivity index (χ1) is 9.96. The predicted molar refractivity (Wildman–Crippen MR) is 76.8 cm³/mol. The molecule has 0 bridgehead atoms. The summed E-state index contributed by atoms with van der Waals surface area (Å²) >= 11 is 0. The lowest BCUT2D eigenvalue weighted by Crippen LogP contribution is -2.55. The van der Waals surface area contributed by atoms with Crippen LogP contribution in [0.25, 0.3) is 0 Å². The zero-order valence-corrected chi connectivity index (χ0v) is 12.4. The molecule has 2 N–H and O–H groups in total. The van der Waals surface area contributed by atoms with Crippen molar-refractivity contribution in [3.05, 3.63) is 29.8 Å². The number of piperazine rings is 1. The molecule has 1 atom stereocenters. The maximum absolute atomic E-state index is 12.5. The van der Waals surface area contributed by atoms with E-state index < -0.39 is 16.1 Å². The van der Waals surface area contributed by atoms with Gasteiger partial charge in [-0.05, 0) is 31.2 Å². The summed E-state index contributed by atoms with van der Waals surface area (Å²) in [6.45, 7) is 1.87. The Morgan fingerprint density at radius 2 is 2.05 bits per heavy atom. The second-order valence-corrected chi connectivity index (χ2v) is 6.46. The number of amides is 1. The number of carbonyl (C=O) groups excluding carboxylic acids is 1. The Labute approximate surface area is 123 Å². The normalized spacial score (nSPS) is 19.5. The molecule has 1 aliphatic heterocycles.